The van der Waals surface area contributed by atoms with Crippen molar-refractivity contribution in [2.75, 3.05) is 0 Å². The molecule has 9 nitrogen and oxygen atoms in total. The summed E-state index contributed by atoms with van der Waals surface area (Å²) in [6, 6.07) is 12.0. The third-order valence-corrected chi connectivity index (χ3v) is 5.65. The third-order valence-electron chi connectivity index (χ3n) is 4.70. The summed E-state index contributed by atoms with van der Waals surface area (Å²) in [6.07, 6.45) is 4.97. The van der Waals surface area contributed by atoms with E-state index in [0.717, 1.165) is 22.5 Å². The molecule has 0 amide bonds. The van der Waals surface area contributed by atoms with Crippen molar-refractivity contribution in [3.8, 4) is 11.4 Å². The maximum Gasteiger partial charge on any atom is 0.328 e. The lowest BCUT2D eigenvalue weighted by Gasteiger charge is -2.14. The van der Waals surface area contributed by atoms with Crippen LogP contribution < -0.4 is 10.1 Å². The van der Waals surface area contributed by atoms with E-state index in [-0.39, 0.29) is 12.0 Å². The number of pyridine rings is 1. The molecule has 1 N–H and O–H groups in total. The van der Waals surface area contributed by atoms with Crippen LogP contribution in [0.4, 0.5) is 0 Å². The minimum Gasteiger partial charge on any atom is -0.480 e. The van der Waals surface area contributed by atoms with E-state index >= 15 is 0 Å². The zero-order chi connectivity index (χ0) is 20.7. The molecule has 0 spiro atoms. The van der Waals surface area contributed by atoms with Gasteiger partial charge in [-0.2, -0.15) is 14.6 Å². The Labute approximate surface area is 173 Å². The molecule has 0 radical (unpaired) electrons. The number of hydrogen-bond acceptors (Lipinski definition) is 8. The van der Waals surface area contributed by atoms with Crippen molar-refractivity contribution in [2.45, 2.75) is 12.5 Å². The number of rotatable bonds is 4. The first-order valence-electron chi connectivity index (χ1n) is 9.06. The molecule has 1 atom stereocenters. The molecule has 1 aromatic carbocycles. The molecule has 1 aliphatic heterocycles. The number of aromatic nitrogens is 4. The maximum atomic E-state index is 12.8. The van der Waals surface area contributed by atoms with Gasteiger partial charge in [0.1, 0.15) is 4.53 Å². The van der Waals surface area contributed by atoms with Crippen molar-refractivity contribution in [3.63, 3.8) is 0 Å². The van der Waals surface area contributed by atoms with Crippen molar-refractivity contribution < 1.29 is 9.90 Å². The largest absolute Gasteiger partial charge is 0.480 e. The molecule has 1 aliphatic rings. The number of benzene rings is 1. The van der Waals surface area contributed by atoms with Gasteiger partial charge in [-0.15, -0.1) is 5.10 Å². The molecule has 10 heteroatoms. The van der Waals surface area contributed by atoms with E-state index in [1.807, 2.05) is 30.3 Å². The highest BCUT2D eigenvalue weighted by Crippen LogP contribution is 2.21. The monoisotopic (exact) mass is 418 g/mol. The predicted molar refractivity (Wildman–Crippen MR) is 111 cm³/mol. The zero-order valence-corrected chi connectivity index (χ0v) is 16.2. The predicted octanol–water partition coefficient (Wildman–Crippen LogP) is 1.23. The minimum absolute atomic E-state index is 0.247. The molecular formula is C20H14N6O3S. The number of fused-ring (bicyclic) bond motifs is 1. The lowest BCUT2D eigenvalue weighted by atomic mass is 10.0. The molecule has 4 aromatic rings. The summed E-state index contributed by atoms with van der Waals surface area (Å²) in [5.74, 6) is -0.575. The van der Waals surface area contributed by atoms with Gasteiger partial charge in [0.25, 0.3) is 5.56 Å². The van der Waals surface area contributed by atoms with Crippen LogP contribution in [-0.2, 0) is 4.79 Å². The lowest BCUT2D eigenvalue weighted by molar-refractivity contribution is -0.141. The first kappa shape index (κ1) is 18.1. The van der Waals surface area contributed by atoms with Crippen LogP contribution in [0, 0.1) is 0 Å². The average molecular weight is 418 g/mol. The van der Waals surface area contributed by atoms with Crippen molar-refractivity contribution in [3.05, 3.63) is 75.3 Å². The summed E-state index contributed by atoms with van der Waals surface area (Å²) in [5, 5.41) is 19.7. The molecule has 148 valence electrons. The molecule has 0 saturated carbocycles. The molecule has 3 aromatic heterocycles. The number of carboxylic acids is 1. The number of hydrogen-bond donors (Lipinski definition) is 1. The van der Waals surface area contributed by atoms with Crippen LogP contribution in [0.1, 0.15) is 12.0 Å². The number of nitrogens with zero attached hydrogens (tertiary/aromatic N) is 6. The molecule has 0 aliphatic carbocycles. The van der Waals surface area contributed by atoms with Crippen LogP contribution in [-0.4, -0.2) is 47.4 Å². The summed E-state index contributed by atoms with van der Waals surface area (Å²) < 4.78 is 1.54. The van der Waals surface area contributed by atoms with Gasteiger partial charge in [0, 0.05) is 30.6 Å². The fraction of sp³-hybridized carbons (Fsp3) is 0.100. The molecule has 4 heterocycles. The number of carbonyl (C=O) groups is 1. The highest BCUT2D eigenvalue weighted by atomic mass is 32.1. The number of aliphatic carboxylic acids is 1. The van der Waals surface area contributed by atoms with E-state index in [4.69, 9.17) is 0 Å². The second kappa shape index (κ2) is 7.16. The smallest absolute Gasteiger partial charge is 0.328 e. The van der Waals surface area contributed by atoms with Gasteiger partial charge in [-0.3, -0.25) is 14.8 Å². The Morgan fingerprint density at radius 2 is 1.90 bits per heavy atom. The Bertz CT molecular complexity index is 1380. The lowest BCUT2D eigenvalue weighted by Crippen LogP contribution is -2.34. The van der Waals surface area contributed by atoms with Gasteiger partial charge >= 0.3 is 5.97 Å². The highest BCUT2D eigenvalue weighted by molar-refractivity contribution is 7.15. The summed E-state index contributed by atoms with van der Waals surface area (Å²) in [6.45, 7) is 0. The van der Waals surface area contributed by atoms with Crippen LogP contribution in [0.15, 0.2) is 64.8 Å². The van der Waals surface area contributed by atoms with Crippen LogP contribution in [0.2, 0.25) is 0 Å². The van der Waals surface area contributed by atoms with Gasteiger partial charge < -0.3 is 5.11 Å². The highest BCUT2D eigenvalue weighted by Gasteiger charge is 2.32. The molecule has 0 fully saturated rings. The summed E-state index contributed by atoms with van der Waals surface area (Å²) in [5.41, 5.74) is 1.90. The van der Waals surface area contributed by atoms with Crippen LogP contribution in [0.3, 0.4) is 0 Å². The Balaban J connectivity index is 1.55. The Morgan fingerprint density at radius 1 is 1.13 bits per heavy atom. The topological polar surface area (TPSA) is 113 Å². The second-order valence-corrected chi connectivity index (χ2v) is 7.63. The summed E-state index contributed by atoms with van der Waals surface area (Å²) >= 11 is 1.14. The minimum atomic E-state index is -1.01. The van der Waals surface area contributed by atoms with Crippen molar-refractivity contribution >= 4 is 34.2 Å². The van der Waals surface area contributed by atoms with Crippen molar-refractivity contribution in [1.82, 2.24) is 24.6 Å². The fourth-order valence-corrected chi connectivity index (χ4v) is 4.09. The number of thiazole rings is 1. The number of carboxylic acid groups (broad SMARTS) is 1. The Hall–Kier alpha value is -3.92. The van der Waals surface area contributed by atoms with E-state index in [2.05, 4.69) is 20.2 Å². The molecule has 0 saturated heterocycles. The van der Waals surface area contributed by atoms with E-state index in [1.54, 1.807) is 24.5 Å². The number of hydrazone groups is 1. The summed E-state index contributed by atoms with van der Waals surface area (Å²) in [4.78, 5) is 33.3. The molecule has 5 rings (SSSR count). The van der Waals surface area contributed by atoms with E-state index in [1.165, 1.54) is 15.7 Å². The van der Waals surface area contributed by atoms with E-state index in [0.29, 0.717) is 21.0 Å². The fourth-order valence-electron chi connectivity index (χ4n) is 3.22. The van der Waals surface area contributed by atoms with Crippen LogP contribution >= 0.6 is 11.3 Å². The second-order valence-electron chi connectivity index (χ2n) is 6.62. The Kier molecular flexibility index (Phi) is 4.32. The van der Waals surface area contributed by atoms with Gasteiger partial charge in [-0.1, -0.05) is 41.7 Å². The van der Waals surface area contributed by atoms with Crippen molar-refractivity contribution in [1.29, 1.82) is 0 Å². The van der Waals surface area contributed by atoms with Crippen molar-refractivity contribution in [2.24, 2.45) is 5.10 Å². The van der Waals surface area contributed by atoms with Crippen LogP contribution in [0.25, 0.3) is 22.5 Å². The van der Waals surface area contributed by atoms with Gasteiger partial charge in [0.05, 0.1) is 5.71 Å². The van der Waals surface area contributed by atoms with E-state index in [9.17, 15) is 14.7 Å². The normalized spacial score (nSPS) is 16.9. The molecule has 30 heavy (non-hydrogen) atoms. The Morgan fingerprint density at radius 3 is 2.60 bits per heavy atom. The first-order chi connectivity index (χ1) is 14.6. The quantitative estimate of drug-likeness (QED) is 0.530. The maximum absolute atomic E-state index is 12.8. The molecule has 1 unspecified atom stereocenters. The average Bonchev–Trinajstić information content (AvgIpc) is 3.45. The zero-order valence-electron chi connectivity index (χ0n) is 15.4. The standard InChI is InChI=1S/C20H14N6O3S/c27-18-16(30-20-22-17(24-26(18)20)13-6-8-21-9-7-13)11-25-15(19(28)29)10-14(23-25)12-4-2-1-3-5-12/h1-9,11,15H,10H2,(H,28,29)/b16-11-. The molecular weight excluding hydrogens is 404 g/mol. The van der Waals surface area contributed by atoms with E-state index < -0.39 is 12.0 Å². The van der Waals surface area contributed by atoms with Gasteiger partial charge in [-0.05, 0) is 17.7 Å². The third kappa shape index (κ3) is 3.12. The van der Waals surface area contributed by atoms with Gasteiger partial charge in [-0.25, -0.2) is 4.79 Å². The van der Waals surface area contributed by atoms with Crippen LogP contribution in [0.5, 0.6) is 0 Å². The molecule has 0 bridgehead atoms. The van der Waals surface area contributed by atoms with Gasteiger partial charge in [0.2, 0.25) is 4.96 Å². The summed E-state index contributed by atoms with van der Waals surface area (Å²) in [7, 11) is 0. The SMILES string of the molecule is O=C(O)C1CC(c2ccccc2)=NN1/C=c1\sc2nc(-c3ccncc3)nn2c1=O. The van der Waals surface area contributed by atoms with Gasteiger partial charge in [0.15, 0.2) is 11.9 Å². The first-order valence-corrected chi connectivity index (χ1v) is 9.87.